The molecule has 1 aliphatic heterocycles. The monoisotopic (exact) mass is 220 g/mol. The van der Waals surface area contributed by atoms with E-state index in [4.69, 9.17) is 10.5 Å². The molecule has 2 N–H and O–H groups in total. The Balaban J connectivity index is 2.46. The maximum Gasteiger partial charge on any atom is 0.267 e. The van der Waals surface area contributed by atoms with Crippen LogP contribution in [-0.4, -0.2) is 18.6 Å². The van der Waals surface area contributed by atoms with Gasteiger partial charge in [0, 0.05) is 13.1 Å². The van der Waals surface area contributed by atoms with E-state index in [0.717, 1.165) is 17.0 Å². The largest absolute Gasteiger partial charge is 0.479 e. The minimum atomic E-state index is -0.416. The van der Waals surface area contributed by atoms with Gasteiger partial charge in [0.05, 0.1) is 5.69 Å². The van der Waals surface area contributed by atoms with Gasteiger partial charge in [-0.2, -0.15) is 0 Å². The third kappa shape index (κ3) is 1.65. The van der Waals surface area contributed by atoms with Crippen LogP contribution < -0.4 is 15.4 Å². The normalized spacial score (nSPS) is 19.3. The predicted octanol–water partition coefficient (Wildman–Crippen LogP) is 1.28. The van der Waals surface area contributed by atoms with Crippen LogP contribution in [-0.2, 0) is 11.3 Å². The van der Waals surface area contributed by atoms with E-state index in [1.807, 2.05) is 25.1 Å². The van der Waals surface area contributed by atoms with Gasteiger partial charge in [-0.15, -0.1) is 0 Å². The number of rotatable bonds is 2. The van der Waals surface area contributed by atoms with Crippen molar-refractivity contribution in [2.24, 2.45) is 5.73 Å². The highest BCUT2D eigenvalue weighted by Gasteiger charge is 2.30. The minimum Gasteiger partial charge on any atom is -0.479 e. The lowest BCUT2D eigenvalue weighted by Gasteiger charge is -2.32. The van der Waals surface area contributed by atoms with Crippen LogP contribution in [0.5, 0.6) is 5.75 Å². The fraction of sp³-hybridized carbons (Fsp3) is 0.417. The van der Waals surface area contributed by atoms with Crippen LogP contribution >= 0.6 is 0 Å². The first-order chi connectivity index (χ1) is 7.67. The number of nitrogens with two attached hydrogens (primary N) is 1. The maximum atomic E-state index is 11.8. The number of fused-ring (bicyclic) bond motifs is 1. The Morgan fingerprint density at radius 2 is 2.25 bits per heavy atom. The van der Waals surface area contributed by atoms with Crippen LogP contribution in [0, 0.1) is 0 Å². The number of anilines is 1. The summed E-state index contributed by atoms with van der Waals surface area (Å²) in [5.41, 5.74) is 7.42. The van der Waals surface area contributed by atoms with Gasteiger partial charge in [0.1, 0.15) is 5.75 Å². The summed E-state index contributed by atoms with van der Waals surface area (Å²) < 4.78 is 5.57. The summed E-state index contributed by atoms with van der Waals surface area (Å²) in [6.07, 6.45) is -0.416. The molecule has 1 aromatic carbocycles. The first kappa shape index (κ1) is 11.0. The van der Waals surface area contributed by atoms with Crippen LogP contribution in [0.15, 0.2) is 18.2 Å². The second-order valence-corrected chi connectivity index (χ2v) is 3.85. The van der Waals surface area contributed by atoms with E-state index in [9.17, 15) is 4.79 Å². The average molecular weight is 220 g/mol. The van der Waals surface area contributed by atoms with Crippen LogP contribution in [0.3, 0.4) is 0 Å². The molecular weight excluding hydrogens is 204 g/mol. The lowest BCUT2D eigenvalue weighted by atomic mass is 10.1. The first-order valence-corrected chi connectivity index (χ1v) is 5.48. The summed E-state index contributed by atoms with van der Waals surface area (Å²) in [7, 11) is 0. The molecule has 0 fully saturated rings. The van der Waals surface area contributed by atoms with Crippen molar-refractivity contribution in [2.75, 3.05) is 11.4 Å². The first-order valence-electron chi connectivity index (χ1n) is 5.48. The Morgan fingerprint density at radius 3 is 2.88 bits per heavy atom. The number of hydrogen-bond donors (Lipinski definition) is 1. The molecule has 0 saturated heterocycles. The molecule has 1 atom stereocenters. The number of likely N-dealkylation sites (N-methyl/N-ethyl adjacent to an activating group) is 1. The van der Waals surface area contributed by atoms with Gasteiger partial charge in [0.25, 0.3) is 5.91 Å². The van der Waals surface area contributed by atoms with Crippen LogP contribution in [0.25, 0.3) is 0 Å². The van der Waals surface area contributed by atoms with Crippen LogP contribution in [0.4, 0.5) is 5.69 Å². The van der Waals surface area contributed by atoms with Crippen molar-refractivity contribution in [3.05, 3.63) is 23.8 Å². The quantitative estimate of drug-likeness (QED) is 0.816. The van der Waals surface area contributed by atoms with Gasteiger partial charge in [-0.05, 0) is 31.5 Å². The molecule has 1 unspecified atom stereocenters. The van der Waals surface area contributed by atoms with E-state index >= 15 is 0 Å². The summed E-state index contributed by atoms with van der Waals surface area (Å²) in [6.45, 7) is 4.85. The third-order valence-corrected chi connectivity index (χ3v) is 2.78. The molecule has 1 heterocycles. The fourth-order valence-electron chi connectivity index (χ4n) is 1.91. The van der Waals surface area contributed by atoms with Crippen molar-refractivity contribution in [2.45, 2.75) is 26.5 Å². The van der Waals surface area contributed by atoms with E-state index in [0.29, 0.717) is 13.1 Å². The van der Waals surface area contributed by atoms with Crippen molar-refractivity contribution < 1.29 is 9.53 Å². The lowest BCUT2D eigenvalue weighted by molar-refractivity contribution is -0.125. The molecule has 1 aliphatic rings. The molecule has 0 spiro atoms. The Kier molecular flexibility index (Phi) is 2.83. The molecule has 1 amide bonds. The molecule has 0 aromatic heterocycles. The molecule has 2 rings (SSSR count). The molecule has 4 heteroatoms. The van der Waals surface area contributed by atoms with E-state index in [2.05, 4.69) is 0 Å². The minimum absolute atomic E-state index is 0.00972. The van der Waals surface area contributed by atoms with Crippen LogP contribution in [0.1, 0.15) is 19.4 Å². The Labute approximate surface area is 95.0 Å². The van der Waals surface area contributed by atoms with Gasteiger partial charge < -0.3 is 15.4 Å². The van der Waals surface area contributed by atoms with Crippen molar-refractivity contribution >= 4 is 11.6 Å². The Hall–Kier alpha value is -1.55. The van der Waals surface area contributed by atoms with E-state index in [1.165, 1.54) is 0 Å². The summed E-state index contributed by atoms with van der Waals surface area (Å²) in [4.78, 5) is 13.6. The molecular formula is C12H16N2O2. The van der Waals surface area contributed by atoms with Gasteiger partial charge in [0.2, 0.25) is 0 Å². The van der Waals surface area contributed by atoms with E-state index in [-0.39, 0.29) is 5.91 Å². The molecule has 1 aromatic rings. The molecule has 0 aliphatic carbocycles. The molecule has 86 valence electrons. The SMILES string of the molecule is CCN1C(=O)C(C)Oc2cc(CN)ccc21. The fourth-order valence-corrected chi connectivity index (χ4v) is 1.91. The standard InChI is InChI=1S/C12H16N2O2/c1-3-14-10-5-4-9(7-13)6-11(10)16-8(2)12(14)15/h4-6,8H,3,7,13H2,1-2H3. The van der Waals surface area contributed by atoms with Crippen LogP contribution in [0.2, 0.25) is 0 Å². The number of carbonyl (C=O) groups is 1. The van der Waals surface area contributed by atoms with Crippen molar-refractivity contribution in [1.29, 1.82) is 0 Å². The Bertz CT molecular complexity index is 417. The summed E-state index contributed by atoms with van der Waals surface area (Å²) in [6, 6.07) is 5.72. The van der Waals surface area contributed by atoms with Crippen molar-refractivity contribution in [3.63, 3.8) is 0 Å². The Morgan fingerprint density at radius 1 is 1.50 bits per heavy atom. The lowest BCUT2D eigenvalue weighted by Crippen LogP contribution is -2.44. The number of hydrogen-bond acceptors (Lipinski definition) is 3. The van der Waals surface area contributed by atoms with E-state index < -0.39 is 6.10 Å². The number of carbonyl (C=O) groups excluding carboxylic acids is 1. The summed E-state index contributed by atoms with van der Waals surface area (Å²) in [5, 5.41) is 0. The highest BCUT2D eigenvalue weighted by molar-refractivity contribution is 5.99. The van der Waals surface area contributed by atoms with Gasteiger partial charge in [0.15, 0.2) is 6.10 Å². The number of ether oxygens (including phenoxy) is 1. The second-order valence-electron chi connectivity index (χ2n) is 3.85. The average Bonchev–Trinajstić information content (AvgIpc) is 2.30. The molecule has 0 saturated carbocycles. The highest BCUT2D eigenvalue weighted by Crippen LogP contribution is 2.34. The molecule has 16 heavy (non-hydrogen) atoms. The second kappa shape index (κ2) is 4.14. The number of benzene rings is 1. The smallest absolute Gasteiger partial charge is 0.267 e. The topological polar surface area (TPSA) is 55.6 Å². The van der Waals surface area contributed by atoms with Gasteiger partial charge >= 0.3 is 0 Å². The third-order valence-electron chi connectivity index (χ3n) is 2.78. The van der Waals surface area contributed by atoms with Gasteiger partial charge in [-0.25, -0.2) is 0 Å². The summed E-state index contributed by atoms with van der Waals surface area (Å²) in [5.74, 6) is 0.757. The maximum absolute atomic E-state index is 11.8. The molecule has 0 radical (unpaired) electrons. The molecule has 4 nitrogen and oxygen atoms in total. The van der Waals surface area contributed by atoms with Crippen molar-refractivity contribution in [3.8, 4) is 5.75 Å². The summed E-state index contributed by atoms with van der Waals surface area (Å²) >= 11 is 0. The van der Waals surface area contributed by atoms with Gasteiger partial charge in [-0.3, -0.25) is 4.79 Å². The highest BCUT2D eigenvalue weighted by atomic mass is 16.5. The number of nitrogens with zero attached hydrogens (tertiary/aromatic N) is 1. The number of amides is 1. The molecule has 0 bridgehead atoms. The van der Waals surface area contributed by atoms with E-state index in [1.54, 1.807) is 11.8 Å². The zero-order valence-corrected chi connectivity index (χ0v) is 9.56. The predicted molar refractivity (Wildman–Crippen MR) is 62.5 cm³/mol. The zero-order valence-electron chi connectivity index (χ0n) is 9.56. The van der Waals surface area contributed by atoms with Gasteiger partial charge in [-0.1, -0.05) is 6.07 Å². The zero-order chi connectivity index (χ0) is 11.7. The van der Waals surface area contributed by atoms with Crippen molar-refractivity contribution in [1.82, 2.24) is 0 Å².